The van der Waals surface area contributed by atoms with Gasteiger partial charge in [0.1, 0.15) is 19.8 Å². The number of phosphoric ester groups is 1. The summed E-state index contributed by atoms with van der Waals surface area (Å²) in [6, 6.07) is 0. The van der Waals surface area contributed by atoms with E-state index in [2.05, 4.69) is 50.3 Å². The van der Waals surface area contributed by atoms with Gasteiger partial charge >= 0.3 is 11.9 Å². The summed E-state index contributed by atoms with van der Waals surface area (Å²) >= 11 is 0. The fraction of sp³-hybridized carbons (Fsp3) is 0.789. The minimum atomic E-state index is -4.62. The summed E-state index contributed by atoms with van der Waals surface area (Å²) < 4.78 is 33.6. The SMILES string of the molecule is CCCCC/C=C\C/C=C\C/C=C\CCCCC(=O)OC[C@H](COP(=O)([O-])OCC[N+](C)(C)C)OC(=O)CCCCCCCCCCC. The number of nitrogens with zero attached hydrogens (tertiary/aromatic N) is 1. The van der Waals surface area contributed by atoms with Gasteiger partial charge in [-0.15, -0.1) is 0 Å². The highest BCUT2D eigenvalue weighted by atomic mass is 31.2. The summed E-state index contributed by atoms with van der Waals surface area (Å²) in [4.78, 5) is 37.2. The molecule has 0 spiro atoms. The Bertz CT molecular complexity index is 928. The van der Waals surface area contributed by atoms with Gasteiger partial charge in [0.2, 0.25) is 0 Å². The molecule has 280 valence electrons. The van der Waals surface area contributed by atoms with Gasteiger partial charge in [-0.1, -0.05) is 115 Å². The molecule has 10 heteroatoms. The molecule has 0 fully saturated rings. The lowest BCUT2D eigenvalue weighted by molar-refractivity contribution is -0.870. The number of carbonyl (C=O) groups excluding carboxylic acids is 2. The molecule has 0 aromatic rings. The lowest BCUT2D eigenvalue weighted by Crippen LogP contribution is -2.37. The molecule has 0 aromatic carbocycles. The molecule has 0 rings (SSSR count). The first-order valence-corrected chi connectivity index (χ1v) is 20.2. The van der Waals surface area contributed by atoms with E-state index in [1.165, 1.54) is 51.4 Å². The van der Waals surface area contributed by atoms with Crippen LogP contribution in [0.2, 0.25) is 0 Å². The van der Waals surface area contributed by atoms with Crippen molar-refractivity contribution in [1.29, 1.82) is 0 Å². The van der Waals surface area contributed by atoms with Crippen molar-refractivity contribution in [3.63, 3.8) is 0 Å². The first-order valence-electron chi connectivity index (χ1n) is 18.7. The van der Waals surface area contributed by atoms with Crippen molar-refractivity contribution in [3.8, 4) is 0 Å². The standard InChI is InChI=1S/C38H70NO8P/c1-6-8-10-12-14-16-17-18-19-20-21-23-24-26-28-30-37(40)44-34-36(35-46-48(42,43)45-33-32-39(3,4)5)47-38(41)31-29-27-25-22-15-13-11-9-7-2/h14,16,18-19,21,23,36H,6-13,15,17,20,22,24-35H2,1-5H3/b16-14-,19-18-,23-21-/t36-/m1/s1. The van der Waals surface area contributed by atoms with E-state index >= 15 is 0 Å². The van der Waals surface area contributed by atoms with E-state index < -0.39 is 32.5 Å². The van der Waals surface area contributed by atoms with Gasteiger partial charge in [-0.05, 0) is 51.4 Å². The summed E-state index contributed by atoms with van der Waals surface area (Å²) in [6.45, 7) is 4.10. The number of likely N-dealkylation sites (N-methyl/N-ethyl adjacent to an activating group) is 1. The largest absolute Gasteiger partial charge is 0.756 e. The molecule has 9 nitrogen and oxygen atoms in total. The number of rotatable bonds is 33. The molecule has 48 heavy (non-hydrogen) atoms. The maximum absolute atomic E-state index is 12.5. The van der Waals surface area contributed by atoms with Gasteiger partial charge in [0.25, 0.3) is 7.82 Å². The quantitative estimate of drug-likeness (QED) is 0.0219. The predicted octanol–water partition coefficient (Wildman–Crippen LogP) is 9.16. The number of quaternary nitrogens is 1. The Hall–Kier alpha value is -1.77. The van der Waals surface area contributed by atoms with E-state index in [-0.39, 0.29) is 26.1 Å². The maximum atomic E-state index is 12.5. The Kier molecular flexibility index (Phi) is 30.1. The summed E-state index contributed by atoms with van der Waals surface area (Å²) in [5, 5.41) is 0. The summed E-state index contributed by atoms with van der Waals surface area (Å²) in [6.07, 6.45) is 31.8. The molecule has 0 aliphatic carbocycles. The molecule has 0 bridgehead atoms. The van der Waals surface area contributed by atoms with Crippen LogP contribution in [-0.2, 0) is 32.7 Å². The minimum Gasteiger partial charge on any atom is -0.756 e. The number of hydrogen-bond donors (Lipinski definition) is 0. The molecular weight excluding hydrogens is 629 g/mol. The van der Waals surface area contributed by atoms with E-state index in [9.17, 15) is 19.0 Å². The number of phosphoric acid groups is 1. The molecule has 0 amide bonds. The van der Waals surface area contributed by atoms with Crippen LogP contribution in [-0.4, -0.2) is 70.0 Å². The Balaban J connectivity index is 4.50. The normalized spacial score (nSPS) is 14.2. The molecule has 1 unspecified atom stereocenters. The summed E-state index contributed by atoms with van der Waals surface area (Å²) in [7, 11) is 1.14. The number of allylic oxidation sites excluding steroid dienone is 6. The van der Waals surface area contributed by atoms with E-state index in [1.54, 1.807) is 0 Å². The van der Waals surface area contributed by atoms with Crippen molar-refractivity contribution in [3.05, 3.63) is 36.5 Å². The third-order valence-electron chi connectivity index (χ3n) is 7.66. The second kappa shape index (κ2) is 31.2. The molecule has 0 aromatic heterocycles. The average Bonchev–Trinajstić information content (AvgIpc) is 3.02. The van der Waals surface area contributed by atoms with Crippen molar-refractivity contribution in [2.45, 2.75) is 148 Å². The Morgan fingerprint density at radius 1 is 0.646 bits per heavy atom. The van der Waals surface area contributed by atoms with Crippen molar-refractivity contribution < 1.29 is 42.1 Å². The molecule has 2 atom stereocenters. The van der Waals surface area contributed by atoms with E-state index in [0.29, 0.717) is 23.9 Å². The van der Waals surface area contributed by atoms with Crippen molar-refractivity contribution in [2.75, 3.05) is 47.5 Å². The van der Waals surface area contributed by atoms with Crippen LogP contribution in [0.15, 0.2) is 36.5 Å². The van der Waals surface area contributed by atoms with Crippen molar-refractivity contribution >= 4 is 19.8 Å². The molecule has 0 heterocycles. The highest BCUT2D eigenvalue weighted by Gasteiger charge is 2.21. The number of esters is 2. The topological polar surface area (TPSA) is 111 Å². The second-order valence-electron chi connectivity index (χ2n) is 13.6. The van der Waals surface area contributed by atoms with Gasteiger partial charge in [-0.25, -0.2) is 0 Å². The monoisotopic (exact) mass is 699 g/mol. The average molecular weight is 700 g/mol. The van der Waals surface area contributed by atoms with Gasteiger partial charge in [-0.3, -0.25) is 14.2 Å². The zero-order chi connectivity index (χ0) is 35.8. The molecular formula is C38H70NO8P. The lowest BCUT2D eigenvalue weighted by Gasteiger charge is -2.28. The molecule has 0 aliphatic rings. The van der Waals surface area contributed by atoms with Crippen molar-refractivity contribution in [1.82, 2.24) is 0 Å². The predicted molar refractivity (Wildman–Crippen MR) is 194 cm³/mol. The van der Waals surface area contributed by atoms with Crippen LogP contribution < -0.4 is 4.89 Å². The molecule has 0 saturated carbocycles. The third kappa shape index (κ3) is 34.1. The number of carbonyl (C=O) groups is 2. The molecule has 0 aliphatic heterocycles. The molecule has 0 N–H and O–H groups in total. The van der Waals surface area contributed by atoms with Gasteiger partial charge in [0, 0.05) is 12.8 Å². The van der Waals surface area contributed by atoms with Crippen LogP contribution in [0.4, 0.5) is 0 Å². The van der Waals surface area contributed by atoms with Crippen LogP contribution in [0.1, 0.15) is 142 Å². The van der Waals surface area contributed by atoms with Gasteiger partial charge in [0.15, 0.2) is 6.10 Å². The third-order valence-corrected chi connectivity index (χ3v) is 8.63. The zero-order valence-electron chi connectivity index (χ0n) is 31.2. The van der Waals surface area contributed by atoms with Crippen LogP contribution in [0.25, 0.3) is 0 Å². The fourth-order valence-corrected chi connectivity index (χ4v) is 5.39. The van der Waals surface area contributed by atoms with Gasteiger partial charge < -0.3 is 27.9 Å². The fourth-order valence-electron chi connectivity index (χ4n) is 4.66. The first-order chi connectivity index (χ1) is 23.0. The van der Waals surface area contributed by atoms with E-state index in [0.717, 1.165) is 51.4 Å². The Morgan fingerprint density at radius 2 is 1.12 bits per heavy atom. The molecule has 0 saturated heterocycles. The highest BCUT2D eigenvalue weighted by molar-refractivity contribution is 7.45. The van der Waals surface area contributed by atoms with Gasteiger partial charge in [0.05, 0.1) is 27.7 Å². The second-order valence-corrected chi connectivity index (χ2v) is 15.0. The number of hydrogen-bond acceptors (Lipinski definition) is 8. The van der Waals surface area contributed by atoms with Crippen LogP contribution in [0.5, 0.6) is 0 Å². The Morgan fingerprint density at radius 3 is 1.71 bits per heavy atom. The smallest absolute Gasteiger partial charge is 0.306 e. The Labute approximate surface area is 293 Å². The number of unbranched alkanes of at least 4 members (excludes halogenated alkanes) is 13. The van der Waals surface area contributed by atoms with Crippen LogP contribution in [0.3, 0.4) is 0 Å². The summed E-state index contributed by atoms with van der Waals surface area (Å²) in [5.74, 6) is -0.885. The van der Waals surface area contributed by atoms with Gasteiger partial charge in [-0.2, -0.15) is 0 Å². The lowest BCUT2D eigenvalue weighted by atomic mass is 10.1. The first kappa shape index (κ1) is 46.2. The van der Waals surface area contributed by atoms with E-state index in [1.807, 2.05) is 21.1 Å². The maximum Gasteiger partial charge on any atom is 0.306 e. The van der Waals surface area contributed by atoms with Crippen LogP contribution >= 0.6 is 7.82 Å². The highest BCUT2D eigenvalue weighted by Crippen LogP contribution is 2.38. The van der Waals surface area contributed by atoms with Crippen molar-refractivity contribution in [2.24, 2.45) is 0 Å². The van der Waals surface area contributed by atoms with E-state index in [4.69, 9.17) is 18.5 Å². The summed E-state index contributed by atoms with van der Waals surface area (Å²) in [5.41, 5.74) is 0. The minimum absolute atomic E-state index is 0.0366. The number of ether oxygens (including phenoxy) is 2. The van der Waals surface area contributed by atoms with Crippen LogP contribution in [0, 0.1) is 0 Å². The zero-order valence-corrected chi connectivity index (χ0v) is 32.1. The molecule has 0 radical (unpaired) electrons.